The van der Waals surface area contributed by atoms with Gasteiger partial charge in [-0.25, -0.2) is 14.8 Å². The van der Waals surface area contributed by atoms with Gasteiger partial charge in [0.05, 0.1) is 26.4 Å². The fraction of sp³-hybridized carbons (Fsp3) is 0.706. The maximum absolute atomic E-state index is 12.4. The summed E-state index contributed by atoms with van der Waals surface area (Å²) in [5.74, 6) is 0.977. The van der Waals surface area contributed by atoms with E-state index in [1.54, 1.807) is 18.5 Å². The van der Waals surface area contributed by atoms with E-state index in [-0.39, 0.29) is 6.03 Å². The van der Waals surface area contributed by atoms with E-state index >= 15 is 0 Å². The normalized spacial score (nSPS) is 29.4. The first kappa shape index (κ1) is 16.5. The van der Waals surface area contributed by atoms with Crippen LogP contribution in [0, 0.1) is 5.92 Å². The van der Waals surface area contributed by atoms with Crippen molar-refractivity contribution in [3.05, 3.63) is 18.5 Å². The lowest BCUT2D eigenvalue weighted by Crippen LogP contribution is -2.50. The lowest BCUT2D eigenvalue weighted by atomic mass is 9.94. The Balaban J connectivity index is 1.33. The summed E-state index contributed by atoms with van der Waals surface area (Å²) in [5.41, 5.74) is -0.402. The van der Waals surface area contributed by atoms with Crippen LogP contribution < -0.4 is 10.6 Å². The van der Waals surface area contributed by atoms with Crippen LogP contribution in [0.5, 0.6) is 0 Å². The highest BCUT2D eigenvalue weighted by Crippen LogP contribution is 2.33. The Bertz CT molecular complexity index is 597. The molecule has 136 valence electrons. The Hall–Kier alpha value is -1.93. The predicted octanol–water partition coefficient (Wildman–Crippen LogP) is 0.868. The molecule has 3 fully saturated rings. The zero-order valence-electron chi connectivity index (χ0n) is 14.3. The van der Waals surface area contributed by atoms with Gasteiger partial charge >= 0.3 is 6.03 Å². The Labute approximate surface area is 147 Å². The summed E-state index contributed by atoms with van der Waals surface area (Å²) in [5, 5.41) is 6.32. The number of anilines is 1. The quantitative estimate of drug-likeness (QED) is 0.840. The molecule has 2 N–H and O–H groups in total. The molecule has 1 saturated carbocycles. The third-order valence-electron chi connectivity index (χ3n) is 4.94. The van der Waals surface area contributed by atoms with Crippen LogP contribution in [0.3, 0.4) is 0 Å². The molecule has 8 nitrogen and oxygen atoms in total. The molecule has 1 aromatic heterocycles. The molecule has 2 amide bonds. The molecule has 25 heavy (non-hydrogen) atoms. The molecule has 4 rings (SSSR count). The summed E-state index contributed by atoms with van der Waals surface area (Å²) in [4.78, 5) is 22.6. The second kappa shape index (κ2) is 7.13. The number of urea groups is 1. The molecule has 0 bridgehead atoms. The number of ether oxygens (including phenoxy) is 2. The van der Waals surface area contributed by atoms with E-state index in [0.29, 0.717) is 50.8 Å². The van der Waals surface area contributed by atoms with E-state index in [1.165, 1.54) is 0 Å². The summed E-state index contributed by atoms with van der Waals surface area (Å²) in [6.07, 6.45) is 6.48. The Morgan fingerprint density at radius 2 is 2.20 bits per heavy atom. The number of hydrogen-bond donors (Lipinski definition) is 2. The molecule has 8 heteroatoms. The van der Waals surface area contributed by atoms with E-state index in [9.17, 15) is 4.79 Å². The minimum Gasteiger partial charge on any atom is -0.377 e. The number of rotatable bonds is 4. The van der Waals surface area contributed by atoms with Gasteiger partial charge in [-0.15, -0.1) is 0 Å². The van der Waals surface area contributed by atoms with Crippen LogP contribution in [0.25, 0.3) is 0 Å². The van der Waals surface area contributed by atoms with Crippen LogP contribution in [0.15, 0.2) is 18.5 Å². The molecule has 1 spiro atoms. The standard InChI is InChI=1S/C17H25N5O3/c23-16(21-14-2-3-14)22-6-7-24-12-17(11-22)8-13(10-25-17)9-20-15-18-4-1-5-19-15/h1,4-5,13-14H,2-3,6-12H2,(H,21,23)(H,18,19,20)/t13-,17-/m0/s1. The number of carbonyl (C=O) groups is 1. The Morgan fingerprint density at radius 3 is 3.00 bits per heavy atom. The topological polar surface area (TPSA) is 88.6 Å². The molecule has 2 aliphatic heterocycles. The molecule has 1 aromatic rings. The molecule has 0 aromatic carbocycles. The van der Waals surface area contributed by atoms with Crippen LogP contribution in [-0.4, -0.2) is 72.0 Å². The highest BCUT2D eigenvalue weighted by atomic mass is 16.5. The van der Waals surface area contributed by atoms with Crippen molar-refractivity contribution >= 4 is 12.0 Å². The molecule has 2 atom stereocenters. The highest BCUT2D eigenvalue weighted by molar-refractivity contribution is 5.75. The van der Waals surface area contributed by atoms with E-state index in [1.807, 2.05) is 4.90 Å². The van der Waals surface area contributed by atoms with Gasteiger partial charge in [-0.2, -0.15) is 0 Å². The van der Waals surface area contributed by atoms with Gasteiger partial charge in [-0.3, -0.25) is 0 Å². The van der Waals surface area contributed by atoms with Gasteiger partial charge in [0.1, 0.15) is 5.60 Å². The molecule has 2 saturated heterocycles. The molecule has 0 radical (unpaired) electrons. The summed E-state index contributed by atoms with van der Waals surface area (Å²) >= 11 is 0. The first-order valence-electron chi connectivity index (χ1n) is 9.00. The number of carbonyl (C=O) groups excluding carboxylic acids is 1. The second-order valence-electron chi connectivity index (χ2n) is 7.22. The summed E-state index contributed by atoms with van der Waals surface area (Å²) in [6.45, 7) is 3.71. The number of nitrogens with zero attached hydrogens (tertiary/aromatic N) is 3. The van der Waals surface area contributed by atoms with Crippen molar-refractivity contribution < 1.29 is 14.3 Å². The predicted molar refractivity (Wildman–Crippen MR) is 91.3 cm³/mol. The van der Waals surface area contributed by atoms with Crippen molar-refractivity contribution in [3.8, 4) is 0 Å². The second-order valence-corrected chi connectivity index (χ2v) is 7.22. The summed E-state index contributed by atoms with van der Waals surface area (Å²) in [7, 11) is 0. The third kappa shape index (κ3) is 4.19. The highest BCUT2D eigenvalue weighted by Gasteiger charge is 2.44. The van der Waals surface area contributed by atoms with Gasteiger partial charge in [-0.05, 0) is 25.3 Å². The van der Waals surface area contributed by atoms with Crippen molar-refractivity contribution in [2.24, 2.45) is 5.92 Å². The molecule has 3 aliphatic rings. The number of amides is 2. The molecular formula is C17H25N5O3. The van der Waals surface area contributed by atoms with Crippen LogP contribution in [0.2, 0.25) is 0 Å². The third-order valence-corrected chi connectivity index (χ3v) is 4.94. The fourth-order valence-corrected chi connectivity index (χ4v) is 3.48. The number of hydrogen-bond acceptors (Lipinski definition) is 6. The average Bonchev–Trinajstić information content (AvgIpc) is 3.38. The zero-order chi connectivity index (χ0) is 17.1. The van der Waals surface area contributed by atoms with E-state index < -0.39 is 5.60 Å². The van der Waals surface area contributed by atoms with Crippen molar-refractivity contribution in [1.82, 2.24) is 20.2 Å². The Morgan fingerprint density at radius 1 is 1.36 bits per heavy atom. The van der Waals surface area contributed by atoms with Crippen molar-refractivity contribution in [1.29, 1.82) is 0 Å². The van der Waals surface area contributed by atoms with Crippen molar-refractivity contribution in [3.63, 3.8) is 0 Å². The van der Waals surface area contributed by atoms with Gasteiger partial charge in [0.15, 0.2) is 0 Å². The Kier molecular flexibility index (Phi) is 4.72. The van der Waals surface area contributed by atoms with E-state index in [2.05, 4.69) is 20.6 Å². The van der Waals surface area contributed by atoms with Crippen LogP contribution in [0.1, 0.15) is 19.3 Å². The number of nitrogens with one attached hydrogen (secondary N) is 2. The van der Waals surface area contributed by atoms with Gasteiger partial charge in [-0.1, -0.05) is 0 Å². The summed E-state index contributed by atoms with van der Waals surface area (Å²) < 4.78 is 11.9. The molecule has 3 heterocycles. The first-order chi connectivity index (χ1) is 12.2. The first-order valence-corrected chi connectivity index (χ1v) is 9.00. The largest absolute Gasteiger partial charge is 0.377 e. The average molecular weight is 347 g/mol. The van der Waals surface area contributed by atoms with Crippen molar-refractivity contribution in [2.45, 2.75) is 30.9 Å². The summed E-state index contributed by atoms with van der Waals surface area (Å²) in [6, 6.07) is 2.17. The van der Waals surface area contributed by atoms with Crippen LogP contribution in [0.4, 0.5) is 10.7 Å². The lowest BCUT2D eigenvalue weighted by molar-refractivity contribution is -0.0530. The van der Waals surface area contributed by atoms with Crippen LogP contribution in [-0.2, 0) is 9.47 Å². The zero-order valence-corrected chi connectivity index (χ0v) is 14.3. The number of aromatic nitrogens is 2. The minimum absolute atomic E-state index is 0.00948. The molecule has 0 unspecified atom stereocenters. The molecule has 1 aliphatic carbocycles. The van der Waals surface area contributed by atoms with Crippen molar-refractivity contribution in [2.75, 3.05) is 44.8 Å². The lowest BCUT2D eigenvalue weighted by Gasteiger charge is -2.31. The van der Waals surface area contributed by atoms with Gasteiger partial charge in [0.25, 0.3) is 0 Å². The van der Waals surface area contributed by atoms with Gasteiger partial charge in [0, 0.05) is 37.4 Å². The maximum atomic E-state index is 12.4. The van der Waals surface area contributed by atoms with E-state index in [4.69, 9.17) is 9.47 Å². The van der Waals surface area contributed by atoms with E-state index in [0.717, 1.165) is 25.8 Å². The smallest absolute Gasteiger partial charge is 0.317 e. The maximum Gasteiger partial charge on any atom is 0.317 e. The monoisotopic (exact) mass is 347 g/mol. The minimum atomic E-state index is -0.402. The van der Waals surface area contributed by atoms with Gasteiger partial charge < -0.3 is 25.0 Å². The SMILES string of the molecule is O=C(NC1CC1)N1CCOC[C@]2(C[C@@H](CNc3ncccn3)CO2)C1. The van der Waals surface area contributed by atoms with Gasteiger partial charge in [0.2, 0.25) is 5.95 Å². The van der Waals surface area contributed by atoms with Crippen LogP contribution >= 0.6 is 0 Å². The fourth-order valence-electron chi connectivity index (χ4n) is 3.48. The molecular weight excluding hydrogens is 322 g/mol.